The molecule has 0 radical (unpaired) electrons. The molecule has 0 aromatic heterocycles. The van der Waals surface area contributed by atoms with Gasteiger partial charge >= 0.3 is 0 Å². The third-order valence-electron chi connectivity index (χ3n) is 3.02. The first-order valence-electron chi connectivity index (χ1n) is 5.52. The van der Waals surface area contributed by atoms with Gasteiger partial charge in [-0.1, -0.05) is 25.0 Å². The van der Waals surface area contributed by atoms with Gasteiger partial charge in [-0.15, -0.1) is 0 Å². The van der Waals surface area contributed by atoms with Gasteiger partial charge in [0.25, 0.3) is 0 Å². The lowest BCUT2D eigenvalue weighted by molar-refractivity contribution is 0.594. The van der Waals surface area contributed by atoms with Gasteiger partial charge in [-0.25, -0.2) is 8.42 Å². The number of hydrogen-bond donors (Lipinski definition) is 1. The summed E-state index contributed by atoms with van der Waals surface area (Å²) in [7, 11) is -3.10. The summed E-state index contributed by atoms with van der Waals surface area (Å²) >= 11 is 0. The molecule has 0 saturated heterocycles. The van der Waals surface area contributed by atoms with Crippen LogP contribution in [-0.4, -0.2) is 14.7 Å². The largest absolute Gasteiger partial charge is 0.324 e. The molecule has 0 unspecified atom stereocenters. The first-order chi connectivity index (χ1) is 7.47. The fraction of sp³-hybridized carbons (Fsp3) is 0.500. The van der Waals surface area contributed by atoms with Crippen molar-refractivity contribution in [2.24, 2.45) is 11.7 Å². The smallest absolute Gasteiger partial charge is 0.175 e. The Kier molecular flexibility index (Phi) is 3.04. The van der Waals surface area contributed by atoms with Crippen molar-refractivity contribution in [1.29, 1.82) is 0 Å². The maximum Gasteiger partial charge on any atom is 0.175 e. The Morgan fingerprint density at radius 3 is 2.31 bits per heavy atom. The second kappa shape index (κ2) is 4.18. The van der Waals surface area contributed by atoms with Crippen LogP contribution in [0.3, 0.4) is 0 Å². The van der Waals surface area contributed by atoms with E-state index in [2.05, 4.69) is 0 Å². The average molecular weight is 239 g/mol. The van der Waals surface area contributed by atoms with Crippen molar-refractivity contribution in [3.05, 3.63) is 29.8 Å². The average Bonchev–Trinajstić information content (AvgIpc) is 3.00. The van der Waals surface area contributed by atoms with E-state index in [1.54, 1.807) is 12.1 Å². The highest BCUT2D eigenvalue weighted by Crippen LogP contribution is 2.36. The molecule has 1 aromatic carbocycles. The summed E-state index contributed by atoms with van der Waals surface area (Å²) in [6.45, 7) is 0. The lowest BCUT2D eigenvalue weighted by atomic mass is 10.0. The van der Waals surface area contributed by atoms with Crippen LogP contribution in [0.15, 0.2) is 29.2 Å². The zero-order valence-corrected chi connectivity index (χ0v) is 10.2. The van der Waals surface area contributed by atoms with Gasteiger partial charge < -0.3 is 5.73 Å². The molecule has 1 aliphatic rings. The lowest BCUT2D eigenvalue weighted by Crippen LogP contribution is -2.11. The standard InChI is InChI=1S/C12H17NO2S/c1-16(14,15)11-6-4-10(5-7-11)12(13)8-9-2-3-9/h4-7,9,12H,2-3,8,13H2,1H3/t12-/m0/s1. The van der Waals surface area contributed by atoms with Gasteiger partial charge in [0, 0.05) is 12.3 Å². The van der Waals surface area contributed by atoms with Gasteiger partial charge in [-0.05, 0) is 30.0 Å². The second-order valence-corrected chi connectivity index (χ2v) is 6.64. The van der Waals surface area contributed by atoms with Gasteiger partial charge in [0.05, 0.1) is 4.90 Å². The summed E-state index contributed by atoms with van der Waals surface area (Å²) in [5, 5.41) is 0. The molecule has 0 spiro atoms. The fourth-order valence-corrected chi connectivity index (χ4v) is 2.44. The molecule has 1 aliphatic carbocycles. The van der Waals surface area contributed by atoms with Crippen molar-refractivity contribution < 1.29 is 8.42 Å². The van der Waals surface area contributed by atoms with Crippen LogP contribution in [0.25, 0.3) is 0 Å². The van der Waals surface area contributed by atoms with Crippen LogP contribution in [0.1, 0.15) is 30.9 Å². The Hall–Kier alpha value is -0.870. The molecule has 0 heterocycles. The van der Waals surface area contributed by atoms with Gasteiger partial charge in [-0.3, -0.25) is 0 Å². The molecule has 88 valence electrons. The van der Waals surface area contributed by atoms with E-state index in [0.717, 1.165) is 17.9 Å². The molecule has 1 aromatic rings. The van der Waals surface area contributed by atoms with Crippen molar-refractivity contribution in [3.63, 3.8) is 0 Å². The molecular weight excluding hydrogens is 222 g/mol. The predicted molar refractivity (Wildman–Crippen MR) is 63.8 cm³/mol. The fourth-order valence-electron chi connectivity index (χ4n) is 1.81. The Morgan fingerprint density at radius 1 is 1.31 bits per heavy atom. The highest BCUT2D eigenvalue weighted by Gasteiger charge is 2.24. The molecule has 0 amide bonds. The van der Waals surface area contributed by atoms with E-state index in [1.165, 1.54) is 19.1 Å². The Bertz CT molecular complexity index is 460. The van der Waals surface area contributed by atoms with Crippen LogP contribution < -0.4 is 5.73 Å². The Labute approximate surface area is 96.6 Å². The summed E-state index contributed by atoms with van der Waals surface area (Å²) in [4.78, 5) is 0.356. The second-order valence-electron chi connectivity index (χ2n) is 4.63. The minimum Gasteiger partial charge on any atom is -0.324 e. The van der Waals surface area contributed by atoms with E-state index < -0.39 is 9.84 Å². The van der Waals surface area contributed by atoms with E-state index in [4.69, 9.17) is 5.73 Å². The van der Waals surface area contributed by atoms with E-state index >= 15 is 0 Å². The van der Waals surface area contributed by atoms with E-state index in [1.807, 2.05) is 12.1 Å². The van der Waals surface area contributed by atoms with Crippen molar-refractivity contribution in [2.45, 2.75) is 30.2 Å². The van der Waals surface area contributed by atoms with E-state index in [0.29, 0.717) is 4.90 Å². The Morgan fingerprint density at radius 2 is 1.88 bits per heavy atom. The number of nitrogens with two attached hydrogens (primary N) is 1. The monoisotopic (exact) mass is 239 g/mol. The molecule has 4 heteroatoms. The third-order valence-corrected chi connectivity index (χ3v) is 4.15. The van der Waals surface area contributed by atoms with Crippen molar-refractivity contribution in [2.75, 3.05) is 6.26 Å². The normalized spacial score (nSPS) is 18.4. The van der Waals surface area contributed by atoms with Gasteiger partial charge in [0.15, 0.2) is 9.84 Å². The summed E-state index contributed by atoms with van der Waals surface area (Å²) in [6, 6.07) is 6.96. The van der Waals surface area contributed by atoms with Gasteiger partial charge in [-0.2, -0.15) is 0 Å². The quantitative estimate of drug-likeness (QED) is 0.872. The van der Waals surface area contributed by atoms with Crippen molar-refractivity contribution >= 4 is 9.84 Å². The van der Waals surface area contributed by atoms with Crippen LogP contribution in [0, 0.1) is 5.92 Å². The lowest BCUT2D eigenvalue weighted by Gasteiger charge is -2.11. The molecule has 3 nitrogen and oxygen atoms in total. The summed E-state index contributed by atoms with van der Waals surface area (Å²) in [5.41, 5.74) is 7.07. The highest BCUT2D eigenvalue weighted by atomic mass is 32.2. The highest BCUT2D eigenvalue weighted by molar-refractivity contribution is 7.90. The van der Waals surface area contributed by atoms with Crippen molar-refractivity contribution in [3.8, 4) is 0 Å². The van der Waals surface area contributed by atoms with Crippen LogP contribution in [0.5, 0.6) is 0 Å². The molecule has 1 saturated carbocycles. The topological polar surface area (TPSA) is 60.2 Å². The minimum absolute atomic E-state index is 0.0427. The van der Waals surface area contributed by atoms with Crippen molar-refractivity contribution in [1.82, 2.24) is 0 Å². The van der Waals surface area contributed by atoms with E-state index in [-0.39, 0.29) is 6.04 Å². The van der Waals surface area contributed by atoms with Crippen LogP contribution in [-0.2, 0) is 9.84 Å². The molecule has 1 fully saturated rings. The molecule has 0 aliphatic heterocycles. The number of benzene rings is 1. The molecule has 2 rings (SSSR count). The predicted octanol–water partition coefficient (Wildman–Crippen LogP) is 1.89. The van der Waals surface area contributed by atoms with Crippen LogP contribution >= 0.6 is 0 Å². The van der Waals surface area contributed by atoms with Crippen LogP contribution in [0.4, 0.5) is 0 Å². The maximum atomic E-state index is 11.3. The van der Waals surface area contributed by atoms with Crippen LogP contribution in [0.2, 0.25) is 0 Å². The maximum absolute atomic E-state index is 11.3. The zero-order chi connectivity index (χ0) is 11.8. The summed E-state index contributed by atoms with van der Waals surface area (Å²) in [6.07, 6.45) is 4.80. The molecule has 2 N–H and O–H groups in total. The summed E-state index contributed by atoms with van der Waals surface area (Å²) < 4.78 is 22.5. The number of hydrogen-bond acceptors (Lipinski definition) is 3. The summed E-state index contributed by atoms with van der Waals surface area (Å²) in [5.74, 6) is 0.782. The zero-order valence-electron chi connectivity index (χ0n) is 9.39. The first-order valence-corrected chi connectivity index (χ1v) is 7.41. The molecule has 1 atom stereocenters. The Balaban J connectivity index is 2.11. The third kappa shape index (κ3) is 2.83. The first kappa shape index (κ1) is 11.6. The minimum atomic E-state index is -3.10. The van der Waals surface area contributed by atoms with E-state index in [9.17, 15) is 8.42 Å². The SMILES string of the molecule is CS(=O)(=O)c1ccc([C@@H](N)CC2CC2)cc1. The molecular formula is C12H17NO2S. The molecule has 16 heavy (non-hydrogen) atoms. The number of sulfone groups is 1. The van der Waals surface area contributed by atoms with Gasteiger partial charge in [0.1, 0.15) is 0 Å². The van der Waals surface area contributed by atoms with Gasteiger partial charge in [0.2, 0.25) is 0 Å². The number of rotatable bonds is 4. The molecule has 0 bridgehead atoms.